The van der Waals surface area contributed by atoms with Crippen LogP contribution in [0, 0.1) is 90.7 Å². The van der Waals surface area contributed by atoms with Crippen LogP contribution in [-0.4, -0.2) is 194 Å². The zero-order valence-corrected chi connectivity index (χ0v) is 86.3. The van der Waals surface area contributed by atoms with Crippen molar-refractivity contribution in [3.05, 3.63) is 0 Å². The first-order valence-electron chi connectivity index (χ1n) is 48.3. The lowest BCUT2D eigenvalue weighted by Crippen LogP contribution is -2.47. The number of likely N-dealkylation sites (tertiary alicyclic amines) is 6. The standard InChI is InChI=1S/C16H33NO.C16H32O.C15H32N2.C15H31NO.C15H31N.C14H29N.C13H27N/c1-15(2,3)13-14-7-9-17(10-8-14)11-12-18-16(4,5)6;1-15(2,3)11-13-7-9-14(10-8-13)12-17-16(4,5)6;1-14(2,3)13-7-10-17(11-8-13)12-9-16-15(4,5)6;1-14(2,3)13-7-9-16(10-8-13)11-12-17-15(4,5)6;1-14(2,3)9-12-16-10-7-13(8-11-16)15(4,5)6;1-13(2,3)11-12-7-9-15(10-8-12)14(4,5)6;1-12(2,3)11-7-9-14(10-8-11)13(4,5)6/h14H,7-13H2,1-6H3;13-14H,7-12H2,1-6H3;13,16H,7-12H2,1-6H3;13H,7-12H2,1-6H3;13H,7-12H2,1-6H3;12H,7-11H2,1-6H3;11H,7-10H2,1-6H3. The minimum Gasteiger partial charge on any atom is -0.376 e. The van der Waals surface area contributed by atoms with E-state index in [1.165, 1.54) is 220 Å². The maximum absolute atomic E-state index is 5.90. The monoisotopic (exact) mass is 1610 g/mol. The van der Waals surface area contributed by atoms with E-state index in [2.05, 4.69) is 326 Å². The number of ether oxygens (including phenoxy) is 3. The highest BCUT2D eigenvalue weighted by molar-refractivity contribution is 4.89. The van der Waals surface area contributed by atoms with Gasteiger partial charge in [-0.15, -0.1) is 0 Å². The summed E-state index contributed by atoms with van der Waals surface area (Å²) in [5.74, 6) is 7.32. The van der Waals surface area contributed by atoms with Gasteiger partial charge in [-0.3, -0.25) is 9.80 Å². The van der Waals surface area contributed by atoms with Crippen LogP contribution < -0.4 is 5.32 Å². The van der Waals surface area contributed by atoms with Crippen LogP contribution in [0.15, 0.2) is 0 Å². The molecular weight excluding hydrogens is 1400 g/mol. The molecule has 1 aliphatic carbocycles. The Kier molecular flexibility index (Phi) is 47.7. The molecule has 0 aromatic rings. The highest BCUT2D eigenvalue weighted by atomic mass is 16.5. The smallest absolute Gasteiger partial charge is 0.0600 e. The third-order valence-corrected chi connectivity index (χ3v) is 25.9. The molecule has 7 aliphatic rings. The minimum atomic E-state index is 0.00370. The maximum Gasteiger partial charge on any atom is 0.0600 e. The van der Waals surface area contributed by atoms with Crippen molar-refractivity contribution >= 4 is 0 Å². The molecule has 10 nitrogen and oxygen atoms in total. The van der Waals surface area contributed by atoms with Gasteiger partial charge in [0.25, 0.3) is 0 Å². The molecule has 684 valence electrons. The van der Waals surface area contributed by atoms with Crippen molar-refractivity contribution in [1.82, 2.24) is 34.7 Å². The molecular formula is C104H215N7O3. The minimum absolute atomic E-state index is 0.00370. The maximum atomic E-state index is 5.90. The number of hydrogen-bond donors (Lipinski definition) is 1. The molecule has 6 saturated heterocycles. The first kappa shape index (κ1) is 112. The summed E-state index contributed by atoms with van der Waals surface area (Å²) < 4.78 is 17.5. The third-order valence-electron chi connectivity index (χ3n) is 25.9. The fourth-order valence-electron chi connectivity index (χ4n) is 18.3. The zero-order chi connectivity index (χ0) is 88.2. The quantitative estimate of drug-likeness (QED) is 0.162. The lowest BCUT2D eigenvalue weighted by atomic mass is 9.75. The highest BCUT2D eigenvalue weighted by Crippen LogP contribution is 2.41. The first-order chi connectivity index (χ1) is 51.3. The van der Waals surface area contributed by atoms with Crippen LogP contribution in [0.5, 0.6) is 0 Å². The van der Waals surface area contributed by atoms with Crippen molar-refractivity contribution in [2.45, 2.75) is 453 Å². The Labute approximate surface area is 719 Å². The molecule has 10 heteroatoms. The summed E-state index contributed by atoms with van der Waals surface area (Å²) in [6.07, 6.45) is 27.6. The Balaban J connectivity index is 0.000000666. The van der Waals surface area contributed by atoms with Gasteiger partial charge in [-0.2, -0.15) is 0 Å². The largest absolute Gasteiger partial charge is 0.376 e. The normalized spacial score (nSPS) is 22.2. The predicted octanol–water partition coefficient (Wildman–Crippen LogP) is 27.3. The number of rotatable bonds is 16. The zero-order valence-electron chi connectivity index (χ0n) is 86.3. The Bertz CT molecular complexity index is 2310. The van der Waals surface area contributed by atoms with Crippen LogP contribution in [0.25, 0.3) is 0 Å². The fraction of sp³-hybridized carbons (Fsp3) is 1.00. The number of piperidine rings is 6. The summed E-state index contributed by atoms with van der Waals surface area (Å²) in [6.45, 7) is 121. The first-order valence-corrected chi connectivity index (χ1v) is 48.3. The van der Waals surface area contributed by atoms with Crippen LogP contribution in [0.4, 0.5) is 0 Å². The Hall–Kier alpha value is -0.400. The molecule has 0 radical (unpaired) electrons. The topological polar surface area (TPSA) is 59.2 Å². The molecule has 6 aliphatic heterocycles. The molecule has 0 spiro atoms. The molecule has 6 heterocycles. The van der Waals surface area contributed by atoms with E-state index in [-0.39, 0.29) is 22.3 Å². The summed E-state index contributed by atoms with van der Waals surface area (Å²) >= 11 is 0. The van der Waals surface area contributed by atoms with Gasteiger partial charge in [-0.1, -0.05) is 179 Å². The molecule has 1 saturated carbocycles. The molecule has 0 aromatic carbocycles. The second kappa shape index (κ2) is 48.8. The third kappa shape index (κ3) is 57.9. The van der Waals surface area contributed by atoms with Crippen molar-refractivity contribution in [2.24, 2.45) is 90.7 Å². The summed E-state index contributed by atoms with van der Waals surface area (Å²) in [4.78, 5) is 15.6. The summed E-state index contributed by atoms with van der Waals surface area (Å²) in [5, 5.41) is 3.57. The fourth-order valence-corrected chi connectivity index (χ4v) is 18.3. The highest BCUT2D eigenvalue weighted by Gasteiger charge is 2.36. The van der Waals surface area contributed by atoms with Crippen molar-refractivity contribution in [3.8, 4) is 0 Å². The van der Waals surface area contributed by atoms with Gasteiger partial charge in [-0.05, 0) is 416 Å². The number of hydrogen-bond acceptors (Lipinski definition) is 10. The van der Waals surface area contributed by atoms with Gasteiger partial charge in [0, 0.05) is 42.8 Å². The lowest BCUT2D eigenvalue weighted by molar-refractivity contribution is -0.0309. The average molecular weight is 1610 g/mol. The number of nitrogens with zero attached hydrogens (tertiary/aromatic N) is 6. The summed E-state index contributed by atoms with van der Waals surface area (Å²) in [6, 6.07) is 0. The van der Waals surface area contributed by atoms with Crippen LogP contribution in [0.1, 0.15) is 419 Å². The van der Waals surface area contributed by atoms with E-state index in [4.69, 9.17) is 14.2 Å². The van der Waals surface area contributed by atoms with Crippen LogP contribution in [0.3, 0.4) is 0 Å². The molecule has 1 N–H and O–H groups in total. The van der Waals surface area contributed by atoms with E-state index in [0.717, 1.165) is 86.8 Å². The molecule has 114 heavy (non-hydrogen) atoms. The van der Waals surface area contributed by atoms with Gasteiger partial charge >= 0.3 is 0 Å². The molecule has 7 rings (SSSR count). The molecule has 0 atom stereocenters. The number of nitrogens with one attached hydrogen (secondary N) is 1. The van der Waals surface area contributed by atoms with Crippen molar-refractivity contribution in [3.63, 3.8) is 0 Å². The van der Waals surface area contributed by atoms with E-state index < -0.39 is 0 Å². The molecule has 0 aromatic heterocycles. The van der Waals surface area contributed by atoms with Gasteiger partial charge < -0.3 is 39.1 Å². The van der Waals surface area contributed by atoms with Gasteiger partial charge in [0.05, 0.1) is 36.6 Å². The average Bonchev–Trinajstić information content (AvgIpc) is 0.836. The van der Waals surface area contributed by atoms with Crippen LogP contribution >= 0.6 is 0 Å². The van der Waals surface area contributed by atoms with Gasteiger partial charge in [0.1, 0.15) is 0 Å². The van der Waals surface area contributed by atoms with E-state index >= 15 is 0 Å². The summed E-state index contributed by atoms with van der Waals surface area (Å²) in [5.41, 5.74) is 5.00. The molecule has 0 bridgehead atoms. The second-order valence-electron chi connectivity index (χ2n) is 53.1. The van der Waals surface area contributed by atoms with Crippen molar-refractivity contribution in [2.75, 3.05) is 131 Å². The van der Waals surface area contributed by atoms with E-state index in [9.17, 15) is 0 Å². The Morgan fingerprint density at radius 3 is 0.737 bits per heavy atom. The van der Waals surface area contributed by atoms with Gasteiger partial charge in [0.2, 0.25) is 0 Å². The van der Waals surface area contributed by atoms with Crippen LogP contribution in [-0.2, 0) is 14.2 Å². The van der Waals surface area contributed by atoms with Crippen LogP contribution in [0.2, 0.25) is 0 Å². The lowest BCUT2D eigenvalue weighted by Gasteiger charge is -2.44. The molecule has 0 amide bonds. The van der Waals surface area contributed by atoms with E-state index in [1.807, 2.05) is 0 Å². The van der Waals surface area contributed by atoms with Crippen molar-refractivity contribution in [1.29, 1.82) is 0 Å². The van der Waals surface area contributed by atoms with Crippen molar-refractivity contribution < 1.29 is 14.2 Å². The van der Waals surface area contributed by atoms with Gasteiger partial charge in [0.15, 0.2) is 0 Å². The predicted molar refractivity (Wildman–Crippen MR) is 509 cm³/mol. The van der Waals surface area contributed by atoms with Gasteiger partial charge in [-0.25, -0.2) is 0 Å². The molecule has 0 unspecified atom stereocenters. The second-order valence-corrected chi connectivity index (χ2v) is 53.1. The van der Waals surface area contributed by atoms with E-state index in [1.54, 1.807) is 0 Å². The SMILES string of the molecule is CC(C)(C)C1CCN(C(C)(C)C)CC1.CC(C)(C)CC1CCC(COC(C)(C)C)CC1.CC(C)(C)CC1CCN(C(C)(C)C)CC1.CC(C)(C)CC1CCN(CCOC(C)(C)C)CC1.CC(C)(C)CCN1CCC(C(C)(C)C)CC1.CC(C)(C)NCCN1CCC(C(C)(C)C)CC1.CC(C)(C)OCCN1CCC(C(C)(C)C)CC1. The summed E-state index contributed by atoms with van der Waals surface area (Å²) in [7, 11) is 0. The van der Waals surface area contributed by atoms with E-state index in [0.29, 0.717) is 54.4 Å². The Morgan fingerprint density at radius 1 is 0.246 bits per heavy atom. The Morgan fingerprint density at radius 2 is 0.482 bits per heavy atom. The molecule has 7 fully saturated rings.